The highest BCUT2D eigenvalue weighted by atomic mass is 35.5. The quantitative estimate of drug-likeness (QED) is 0.610. The smallest absolute Gasteiger partial charge is 0.314 e. The summed E-state index contributed by atoms with van der Waals surface area (Å²) in [5, 5.41) is 0.650. The number of halogens is 1. The molecule has 0 radical (unpaired) electrons. The Kier molecular flexibility index (Phi) is 5.41. The number of carbonyl (C=O) groups excluding carboxylic acids is 1. The number of likely N-dealkylation sites (tertiary alicyclic amines) is 1. The number of benzene rings is 2. The van der Waals surface area contributed by atoms with Gasteiger partial charge in [-0.15, -0.1) is 0 Å². The van der Waals surface area contributed by atoms with Crippen molar-refractivity contribution in [3.05, 3.63) is 77.0 Å². The summed E-state index contributed by atoms with van der Waals surface area (Å²) < 4.78 is 10.8. The van der Waals surface area contributed by atoms with Crippen LogP contribution in [-0.2, 0) is 9.53 Å². The van der Waals surface area contributed by atoms with E-state index in [0.717, 1.165) is 11.1 Å². The predicted molar refractivity (Wildman–Crippen MR) is 97.5 cm³/mol. The number of esters is 1. The largest absolute Gasteiger partial charge is 0.469 e. The van der Waals surface area contributed by atoms with Crippen molar-refractivity contribution in [2.75, 3.05) is 20.7 Å². The van der Waals surface area contributed by atoms with Crippen molar-refractivity contribution in [1.29, 1.82) is 0 Å². The van der Waals surface area contributed by atoms with Crippen LogP contribution >= 0.6 is 11.6 Å². The first-order valence-corrected chi connectivity index (χ1v) is 8.42. The van der Waals surface area contributed by atoms with Gasteiger partial charge < -0.3 is 9.47 Å². The fraction of sp³-hybridized carbons (Fsp3) is 0.250. The van der Waals surface area contributed by atoms with Crippen LogP contribution in [0.5, 0.6) is 5.75 Å². The van der Waals surface area contributed by atoms with Crippen LogP contribution in [-0.4, -0.2) is 31.6 Å². The molecule has 1 saturated heterocycles. The number of methoxy groups -OCH3 is 1. The maximum absolute atomic E-state index is 12.4. The molecule has 1 fully saturated rings. The molecule has 0 amide bonds. The number of nitrogens with zero attached hydrogens (tertiary/aromatic N) is 1. The van der Waals surface area contributed by atoms with Gasteiger partial charge in [0.1, 0.15) is 11.7 Å². The van der Waals surface area contributed by atoms with E-state index in [4.69, 9.17) is 21.1 Å². The summed E-state index contributed by atoms with van der Waals surface area (Å²) in [5.74, 6) is 0.0141. The van der Waals surface area contributed by atoms with Gasteiger partial charge in [0.2, 0.25) is 0 Å². The molecule has 3 rings (SSSR count). The van der Waals surface area contributed by atoms with Crippen LogP contribution in [0.1, 0.15) is 11.6 Å². The molecular formula is C20H20ClNO3. The topological polar surface area (TPSA) is 38.8 Å². The summed E-state index contributed by atoms with van der Waals surface area (Å²) in [7, 11) is 3.41. The average Bonchev–Trinajstić information content (AvgIpc) is 2.97. The van der Waals surface area contributed by atoms with E-state index in [2.05, 4.69) is 4.90 Å². The van der Waals surface area contributed by atoms with E-state index >= 15 is 0 Å². The standard InChI is InChI=1S/C20H20ClNO3/c1-22-12-15(13-25-17-10-8-16(21)9-11-17)18(20(23)24-2)19(22)14-6-4-3-5-7-14/h3-11,13,18-19H,12H2,1-2H3/b15-13+/t18-,19+/m0/s1. The number of hydrogen-bond acceptors (Lipinski definition) is 4. The lowest BCUT2D eigenvalue weighted by molar-refractivity contribution is -0.145. The molecule has 25 heavy (non-hydrogen) atoms. The zero-order valence-electron chi connectivity index (χ0n) is 14.2. The Balaban J connectivity index is 1.89. The molecule has 130 valence electrons. The van der Waals surface area contributed by atoms with Crippen LogP contribution in [0.4, 0.5) is 0 Å². The second-order valence-corrected chi connectivity index (χ2v) is 6.47. The summed E-state index contributed by atoms with van der Waals surface area (Å²) in [6.45, 7) is 0.632. The minimum atomic E-state index is -0.398. The maximum atomic E-state index is 12.4. The van der Waals surface area contributed by atoms with Crippen molar-refractivity contribution < 1.29 is 14.3 Å². The number of ether oxygens (including phenoxy) is 2. The molecule has 2 aromatic rings. The van der Waals surface area contributed by atoms with Gasteiger partial charge in [0.15, 0.2) is 0 Å². The number of rotatable bonds is 4. The van der Waals surface area contributed by atoms with Crippen LogP contribution in [0, 0.1) is 5.92 Å². The van der Waals surface area contributed by atoms with Crippen LogP contribution in [0.15, 0.2) is 66.4 Å². The SMILES string of the molecule is COC(=O)[C@H]1/C(=C/Oc2ccc(Cl)cc2)CN(C)[C@@H]1c1ccccc1. The van der Waals surface area contributed by atoms with Crippen LogP contribution in [0.3, 0.4) is 0 Å². The fourth-order valence-corrected chi connectivity index (χ4v) is 3.34. The predicted octanol–water partition coefficient (Wildman–Crippen LogP) is 4.08. The monoisotopic (exact) mass is 357 g/mol. The Hall–Kier alpha value is -2.30. The van der Waals surface area contributed by atoms with Crippen molar-refractivity contribution in [1.82, 2.24) is 4.90 Å². The van der Waals surface area contributed by atoms with Gasteiger partial charge in [-0.2, -0.15) is 0 Å². The van der Waals surface area contributed by atoms with E-state index in [1.54, 1.807) is 30.5 Å². The van der Waals surface area contributed by atoms with Crippen molar-refractivity contribution >= 4 is 17.6 Å². The molecule has 1 aliphatic rings. The van der Waals surface area contributed by atoms with Crippen molar-refractivity contribution in [2.45, 2.75) is 6.04 Å². The average molecular weight is 358 g/mol. The van der Waals surface area contributed by atoms with Gasteiger partial charge in [-0.25, -0.2) is 0 Å². The highest BCUT2D eigenvalue weighted by molar-refractivity contribution is 6.30. The first-order chi connectivity index (χ1) is 12.1. The molecule has 1 heterocycles. The normalized spacial score (nSPS) is 22.1. The zero-order valence-corrected chi connectivity index (χ0v) is 14.9. The lowest BCUT2D eigenvalue weighted by Gasteiger charge is -2.23. The highest BCUT2D eigenvalue weighted by Gasteiger charge is 2.42. The highest BCUT2D eigenvalue weighted by Crippen LogP contribution is 2.40. The van der Waals surface area contributed by atoms with E-state index in [-0.39, 0.29) is 12.0 Å². The Bertz CT molecular complexity index is 758. The Morgan fingerprint density at radius 3 is 2.48 bits per heavy atom. The van der Waals surface area contributed by atoms with Crippen LogP contribution < -0.4 is 4.74 Å². The molecule has 0 aliphatic carbocycles. The number of likely N-dealkylation sites (N-methyl/N-ethyl adjacent to an activating group) is 1. The lowest BCUT2D eigenvalue weighted by atomic mass is 9.91. The molecule has 0 aromatic heterocycles. The van der Waals surface area contributed by atoms with Crippen LogP contribution in [0.25, 0.3) is 0 Å². The van der Waals surface area contributed by atoms with E-state index < -0.39 is 5.92 Å². The second-order valence-electron chi connectivity index (χ2n) is 6.04. The summed E-state index contributed by atoms with van der Waals surface area (Å²) in [4.78, 5) is 14.6. The Morgan fingerprint density at radius 2 is 1.84 bits per heavy atom. The first kappa shape index (κ1) is 17.5. The van der Waals surface area contributed by atoms with Gasteiger partial charge in [0.25, 0.3) is 0 Å². The third kappa shape index (κ3) is 3.86. The van der Waals surface area contributed by atoms with Gasteiger partial charge in [0, 0.05) is 11.6 Å². The molecule has 0 saturated carbocycles. The molecule has 4 nitrogen and oxygen atoms in total. The molecule has 5 heteroatoms. The summed E-state index contributed by atoms with van der Waals surface area (Å²) in [5.41, 5.74) is 1.97. The third-order valence-electron chi connectivity index (χ3n) is 4.38. The maximum Gasteiger partial charge on any atom is 0.314 e. The van der Waals surface area contributed by atoms with Gasteiger partial charge in [0.05, 0.1) is 19.4 Å². The number of hydrogen-bond donors (Lipinski definition) is 0. The minimum absolute atomic E-state index is 0.0753. The third-order valence-corrected chi connectivity index (χ3v) is 4.63. The lowest BCUT2D eigenvalue weighted by Crippen LogP contribution is -2.26. The molecule has 0 spiro atoms. The van der Waals surface area contributed by atoms with Gasteiger partial charge in [-0.1, -0.05) is 41.9 Å². The first-order valence-electron chi connectivity index (χ1n) is 8.04. The van der Waals surface area contributed by atoms with Crippen molar-refractivity contribution in [3.63, 3.8) is 0 Å². The van der Waals surface area contributed by atoms with E-state index in [0.29, 0.717) is 17.3 Å². The Morgan fingerprint density at radius 1 is 1.16 bits per heavy atom. The number of carbonyl (C=O) groups is 1. The zero-order chi connectivity index (χ0) is 17.8. The van der Waals surface area contributed by atoms with Gasteiger partial charge in [-0.05, 0) is 42.4 Å². The molecule has 0 unspecified atom stereocenters. The fourth-order valence-electron chi connectivity index (χ4n) is 3.21. The summed E-state index contributed by atoms with van der Waals surface area (Å²) >= 11 is 5.89. The molecular weight excluding hydrogens is 338 g/mol. The molecule has 0 N–H and O–H groups in total. The molecule has 0 bridgehead atoms. The summed E-state index contributed by atoms with van der Waals surface area (Å²) in [6, 6.07) is 17.0. The minimum Gasteiger partial charge on any atom is -0.469 e. The van der Waals surface area contributed by atoms with Crippen molar-refractivity contribution in [3.8, 4) is 5.75 Å². The molecule has 2 aromatic carbocycles. The molecule has 2 atom stereocenters. The van der Waals surface area contributed by atoms with E-state index in [1.807, 2.05) is 37.4 Å². The van der Waals surface area contributed by atoms with E-state index in [9.17, 15) is 4.79 Å². The van der Waals surface area contributed by atoms with E-state index in [1.165, 1.54) is 7.11 Å². The second kappa shape index (κ2) is 7.72. The van der Waals surface area contributed by atoms with Gasteiger partial charge >= 0.3 is 5.97 Å². The molecule has 1 aliphatic heterocycles. The van der Waals surface area contributed by atoms with Crippen LogP contribution in [0.2, 0.25) is 5.02 Å². The summed E-state index contributed by atoms with van der Waals surface area (Å²) in [6.07, 6.45) is 1.66. The van der Waals surface area contributed by atoms with Crippen molar-refractivity contribution in [2.24, 2.45) is 5.92 Å². The Labute approximate surface area is 152 Å². The van der Waals surface area contributed by atoms with Gasteiger partial charge in [-0.3, -0.25) is 9.69 Å².